The second-order valence-electron chi connectivity index (χ2n) is 3.44. The van der Waals surface area contributed by atoms with E-state index in [2.05, 4.69) is 9.71 Å². The van der Waals surface area contributed by atoms with Crippen LogP contribution in [0.15, 0.2) is 18.3 Å². The number of aliphatic carboxylic acids is 1. The quantitative estimate of drug-likeness (QED) is 0.728. The first kappa shape index (κ1) is 14.3. The van der Waals surface area contributed by atoms with Crippen molar-refractivity contribution in [2.45, 2.75) is 6.42 Å². The molecule has 0 aromatic carbocycles. The summed E-state index contributed by atoms with van der Waals surface area (Å²) in [6.45, 7) is -0.167. The Morgan fingerprint density at radius 3 is 2.72 bits per heavy atom. The number of nitrogens with one attached hydrogen (secondary N) is 1. The fourth-order valence-electron chi connectivity index (χ4n) is 1.04. The van der Waals surface area contributed by atoms with Gasteiger partial charge < -0.3 is 5.11 Å². The van der Waals surface area contributed by atoms with Crippen LogP contribution in [-0.4, -0.2) is 42.4 Å². The van der Waals surface area contributed by atoms with Crippen LogP contribution < -0.4 is 4.72 Å². The number of carbonyl (C=O) groups is 1. The van der Waals surface area contributed by atoms with Gasteiger partial charge in [0.2, 0.25) is 5.95 Å². The number of carboxylic acid groups (broad SMARTS) is 1. The Hall–Kier alpha value is -1.74. The van der Waals surface area contributed by atoms with Crippen molar-refractivity contribution in [3.8, 4) is 0 Å². The second kappa shape index (κ2) is 5.74. The monoisotopic (exact) mass is 277 g/mol. The predicted molar refractivity (Wildman–Crippen MR) is 61.6 cm³/mol. The summed E-state index contributed by atoms with van der Waals surface area (Å²) in [4.78, 5) is 13.6. The van der Waals surface area contributed by atoms with Gasteiger partial charge in [-0.2, -0.15) is 17.1 Å². The van der Waals surface area contributed by atoms with E-state index in [9.17, 15) is 17.6 Å². The molecule has 1 aromatic heterocycles. The molecule has 0 saturated carbocycles. The maximum Gasteiger partial charge on any atom is 0.304 e. The summed E-state index contributed by atoms with van der Waals surface area (Å²) >= 11 is 0. The Kier molecular flexibility index (Phi) is 4.56. The number of hydrogen-bond donors (Lipinski definition) is 2. The van der Waals surface area contributed by atoms with Crippen molar-refractivity contribution >= 4 is 21.9 Å². The van der Waals surface area contributed by atoms with Crippen molar-refractivity contribution in [3.63, 3.8) is 0 Å². The number of hydrogen-bond acceptors (Lipinski definition) is 4. The predicted octanol–water partition coefficient (Wildman–Crippen LogP) is 0.284. The lowest BCUT2D eigenvalue weighted by Gasteiger charge is -2.17. The zero-order valence-corrected chi connectivity index (χ0v) is 10.3. The summed E-state index contributed by atoms with van der Waals surface area (Å²) in [6, 6.07) is 2.22. The molecule has 0 aliphatic carbocycles. The molecule has 0 spiro atoms. The molecule has 1 aromatic rings. The number of rotatable bonds is 6. The molecule has 0 bridgehead atoms. The zero-order chi connectivity index (χ0) is 13.8. The van der Waals surface area contributed by atoms with E-state index in [0.29, 0.717) is 0 Å². The van der Waals surface area contributed by atoms with Gasteiger partial charge in [0.15, 0.2) is 0 Å². The first-order valence-corrected chi connectivity index (χ1v) is 6.32. The van der Waals surface area contributed by atoms with Crippen molar-refractivity contribution in [2.75, 3.05) is 18.3 Å². The van der Waals surface area contributed by atoms with E-state index < -0.39 is 22.1 Å². The van der Waals surface area contributed by atoms with Crippen molar-refractivity contribution < 1.29 is 22.7 Å². The third kappa shape index (κ3) is 4.26. The number of aromatic nitrogens is 1. The van der Waals surface area contributed by atoms with Crippen LogP contribution in [0.2, 0.25) is 0 Å². The van der Waals surface area contributed by atoms with E-state index in [1.54, 1.807) is 0 Å². The molecule has 0 fully saturated rings. The van der Waals surface area contributed by atoms with Gasteiger partial charge in [-0.15, -0.1) is 0 Å². The van der Waals surface area contributed by atoms with Crippen molar-refractivity contribution in [2.24, 2.45) is 0 Å². The number of halogens is 1. The molecule has 0 amide bonds. The van der Waals surface area contributed by atoms with Gasteiger partial charge in [0.25, 0.3) is 0 Å². The molecule has 0 radical (unpaired) electrons. The highest BCUT2D eigenvalue weighted by atomic mass is 32.2. The fraction of sp³-hybridized carbons (Fsp3) is 0.333. The Morgan fingerprint density at radius 2 is 2.22 bits per heavy atom. The van der Waals surface area contributed by atoms with Crippen LogP contribution in [0.1, 0.15) is 6.42 Å². The summed E-state index contributed by atoms with van der Waals surface area (Å²) in [5.74, 6) is -1.82. The molecule has 2 N–H and O–H groups in total. The maximum absolute atomic E-state index is 12.5. The minimum Gasteiger partial charge on any atom is -0.481 e. The highest BCUT2D eigenvalue weighted by Crippen LogP contribution is 2.09. The Balaban J connectivity index is 2.69. The van der Waals surface area contributed by atoms with E-state index in [1.165, 1.54) is 13.1 Å². The third-order valence-electron chi connectivity index (χ3n) is 2.03. The molecule has 0 unspecified atom stereocenters. The highest BCUT2D eigenvalue weighted by molar-refractivity contribution is 7.90. The summed E-state index contributed by atoms with van der Waals surface area (Å²) in [5, 5.41) is 8.45. The minimum atomic E-state index is -3.86. The molecule has 0 atom stereocenters. The zero-order valence-electron chi connectivity index (χ0n) is 9.50. The Labute approximate surface area is 103 Å². The van der Waals surface area contributed by atoms with Gasteiger partial charge in [0.1, 0.15) is 0 Å². The van der Waals surface area contributed by atoms with Gasteiger partial charge in [-0.3, -0.25) is 9.52 Å². The summed E-state index contributed by atoms with van der Waals surface area (Å²) in [7, 11) is -2.63. The molecule has 100 valence electrons. The lowest BCUT2D eigenvalue weighted by atomic mass is 10.4. The average Bonchev–Trinajstić information content (AvgIpc) is 2.28. The summed E-state index contributed by atoms with van der Waals surface area (Å²) < 4.78 is 38.9. The summed E-state index contributed by atoms with van der Waals surface area (Å²) in [5.41, 5.74) is 0.0959. The van der Waals surface area contributed by atoms with E-state index >= 15 is 0 Å². The topological polar surface area (TPSA) is 99.6 Å². The molecule has 9 heteroatoms. The number of nitrogens with zero attached hydrogens (tertiary/aromatic N) is 2. The first-order valence-electron chi connectivity index (χ1n) is 4.88. The fourth-order valence-corrected chi connectivity index (χ4v) is 1.94. The van der Waals surface area contributed by atoms with Crippen LogP contribution in [0.4, 0.5) is 10.1 Å². The molecule has 0 aliphatic rings. The maximum atomic E-state index is 12.5. The molecule has 1 rings (SSSR count). The molecule has 7 nitrogen and oxygen atoms in total. The molecule has 1 heterocycles. The largest absolute Gasteiger partial charge is 0.481 e. The van der Waals surface area contributed by atoms with Gasteiger partial charge >= 0.3 is 16.2 Å². The van der Waals surface area contributed by atoms with Gasteiger partial charge in [-0.1, -0.05) is 0 Å². The van der Waals surface area contributed by atoms with Crippen LogP contribution in [0.5, 0.6) is 0 Å². The van der Waals surface area contributed by atoms with E-state index in [-0.39, 0.29) is 18.7 Å². The molecular weight excluding hydrogens is 265 g/mol. The lowest BCUT2D eigenvalue weighted by molar-refractivity contribution is -0.137. The van der Waals surface area contributed by atoms with Crippen molar-refractivity contribution in [1.29, 1.82) is 0 Å². The molecule has 0 saturated heterocycles. The number of carboxylic acids is 1. The minimum absolute atomic E-state index is 0.0959. The normalized spacial score (nSPS) is 11.5. The van der Waals surface area contributed by atoms with E-state index in [0.717, 1.165) is 16.6 Å². The third-order valence-corrected chi connectivity index (χ3v) is 3.52. The Morgan fingerprint density at radius 1 is 1.56 bits per heavy atom. The highest BCUT2D eigenvalue weighted by Gasteiger charge is 2.18. The standard InChI is InChI=1S/C9H12FN3O4S/c1-13(5-4-9(14)15)18(16,17)12-7-2-3-8(10)11-6-7/h2-3,6,12H,4-5H2,1H3,(H,14,15). The van der Waals surface area contributed by atoms with Gasteiger partial charge in [0.05, 0.1) is 18.3 Å². The second-order valence-corrected chi connectivity index (χ2v) is 5.22. The van der Waals surface area contributed by atoms with Crippen LogP contribution in [0.3, 0.4) is 0 Å². The smallest absolute Gasteiger partial charge is 0.304 e. The average molecular weight is 277 g/mol. The van der Waals surface area contributed by atoms with Gasteiger partial charge in [0, 0.05) is 13.6 Å². The van der Waals surface area contributed by atoms with Gasteiger partial charge in [-0.25, -0.2) is 4.98 Å². The summed E-state index contributed by atoms with van der Waals surface area (Å²) in [6.07, 6.45) is 0.719. The Bertz CT molecular complexity index is 517. The molecule has 18 heavy (non-hydrogen) atoms. The van der Waals surface area contributed by atoms with Crippen LogP contribution in [0, 0.1) is 5.95 Å². The SMILES string of the molecule is CN(CCC(=O)O)S(=O)(=O)Nc1ccc(F)nc1. The number of anilines is 1. The van der Waals surface area contributed by atoms with Crippen molar-refractivity contribution in [1.82, 2.24) is 9.29 Å². The van der Waals surface area contributed by atoms with Crippen molar-refractivity contribution in [3.05, 3.63) is 24.3 Å². The molecule has 0 aliphatic heterocycles. The number of pyridine rings is 1. The van der Waals surface area contributed by atoms with Crippen LogP contribution in [0.25, 0.3) is 0 Å². The van der Waals surface area contributed by atoms with E-state index in [4.69, 9.17) is 5.11 Å². The lowest BCUT2D eigenvalue weighted by Crippen LogP contribution is -2.34. The van der Waals surface area contributed by atoms with Crippen LogP contribution >= 0.6 is 0 Å². The molecular formula is C9H12FN3O4S. The van der Waals surface area contributed by atoms with Crippen LogP contribution in [-0.2, 0) is 15.0 Å². The van der Waals surface area contributed by atoms with Gasteiger partial charge in [-0.05, 0) is 12.1 Å². The van der Waals surface area contributed by atoms with E-state index in [1.807, 2.05) is 0 Å². The first-order chi connectivity index (χ1) is 8.31.